The van der Waals surface area contributed by atoms with Crippen molar-refractivity contribution < 1.29 is 56.0 Å². The molecule has 1 aromatic rings. The summed E-state index contributed by atoms with van der Waals surface area (Å²) in [5, 5.41) is 0.587. The van der Waals surface area contributed by atoms with Crippen LogP contribution in [-0.4, -0.2) is 35.5 Å². The second kappa shape index (κ2) is 4.51. The Morgan fingerprint density at radius 2 is 2.22 bits per heavy atom. The van der Waals surface area contributed by atoms with Gasteiger partial charge in [0.15, 0.2) is 0 Å². The minimum Gasteiger partial charge on any atom is -0.724 e. The number of urea groups is 1. The first-order valence-corrected chi connectivity index (χ1v) is 6.09. The number of hydrogen-bond donors (Lipinski definition) is 0. The summed E-state index contributed by atoms with van der Waals surface area (Å²) >= 11 is 0. The summed E-state index contributed by atoms with van der Waals surface area (Å²) in [6.45, 7) is 0.525. The number of nitrogens with zero attached hydrogens (tertiary/aromatic N) is 2. The van der Waals surface area contributed by atoms with Gasteiger partial charge < -0.3 is 13.9 Å². The Morgan fingerprint density at radius 1 is 1.50 bits per heavy atom. The van der Waals surface area contributed by atoms with Crippen LogP contribution in [-0.2, 0) is 21.2 Å². The molecule has 18 heavy (non-hydrogen) atoms. The van der Waals surface area contributed by atoms with Gasteiger partial charge in [-0.05, 0) is 6.07 Å². The van der Waals surface area contributed by atoms with Gasteiger partial charge in [0.05, 0.1) is 19.4 Å². The third kappa shape index (κ3) is 2.17. The molecular weight excluding hydrogens is 275 g/mol. The normalized spacial score (nSPS) is 21.8. The van der Waals surface area contributed by atoms with E-state index in [1.54, 1.807) is 6.07 Å². The number of amides is 2. The van der Waals surface area contributed by atoms with Crippen molar-refractivity contribution in [3.05, 3.63) is 23.7 Å². The van der Waals surface area contributed by atoms with Crippen molar-refractivity contribution in [2.45, 2.75) is 12.6 Å². The number of fused-ring (bicyclic) bond motifs is 4. The van der Waals surface area contributed by atoms with Crippen molar-refractivity contribution in [2.24, 2.45) is 0 Å². The molecule has 92 valence electrons. The average molecular weight is 282 g/mol. The molecule has 1 atom stereocenters. The maximum absolute atomic E-state index is 11.7. The second-order valence-electron chi connectivity index (χ2n) is 3.79. The van der Waals surface area contributed by atoms with Gasteiger partial charge >= 0.3 is 35.6 Å². The van der Waals surface area contributed by atoms with Gasteiger partial charge in [0.1, 0.15) is 11.8 Å². The molecule has 1 saturated heterocycles. The van der Waals surface area contributed by atoms with E-state index in [1.165, 1.54) is 11.2 Å². The largest absolute Gasteiger partial charge is 1.00 e. The fraction of sp³-hybridized carbons (Fsp3) is 0.375. The van der Waals surface area contributed by atoms with Crippen molar-refractivity contribution in [1.82, 2.24) is 9.96 Å². The molecular formula is C8H7N2NaO6S. The number of hydroxylamine groups is 2. The Kier molecular flexibility index (Phi) is 3.47. The van der Waals surface area contributed by atoms with E-state index < -0.39 is 22.5 Å². The van der Waals surface area contributed by atoms with Crippen LogP contribution in [0.4, 0.5) is 4.79 Å². The van der Waals surface area contributed by atoms with Crippen molar-refractivity contribution in [1.29, 1.82) is 0 Å². The summed E-state index contributed by atoms with van der Waals surface area (Å²) in [4.78, 5) is 13.1. The standard InChI is InChI=1S/C8H8N2O6S.Na/c11-8-9-3-6(10(8)16-17(12,13)14)5-1-2-15-7(5)4-9;/h1-2,6H,3-4H2,(H,12,13,14);/q;+1/p-1. The molecule has 0 aliphatic carbocycles. The first-order chi connectivity index (χ1) is 7.96. The van der Waals surface area contributed by atoms with Crippen molar-refractivity contribution in [3.8, 4) is 0 Å². The molecule has 10 heteroatoms. The third-order valence-corrected chi connectivity index (χ3v) is 3.12. The van der Waals surface area contributed by atoms with E-state index >= 15 is 0 Å². The molecule has 8 nitrogen and oxygen atoms in total. The van der Waals surface area contributed by atoms with Crippen LogP contribution in [0.1, 0.15) is 17.4 Å². The summed E-state index contributed by atoms with van der Waals surface area (Å²) in [5.41, 5.74) is 0.663. The first kappa shape index (κ1) is 13.8. The molecule has 0 aromatic carbocycles. The maximum Gasteiger partial charge on any atom is 1.00 e. The summed E-state index contributed by atoms with van der Waals surface area (Å²) in [6, 6.07) is 0.360. The van der Waals surface area contributed by atoms with Gasteiger partial charge in [0, 0.05) is 5.56 Å². The summed E-state index contributed by atoms with van der Waals surface area (Å²) in [5.74, 6) is 0.573. The molecule has 0 N–H and O–H groups in total. The number of rotatable bonds is 2. The smallest absolute Gasteiger partial charge is 0.724 e. The van der Waals surface area contributed by atoms with Crippen LogP contribution in [0.2, 0.25) is 0 Å². The molecule has 1 aromatic heterocycles. The van der Waals surface area contributed by atoms with E-state index in [2.05, 4.69) is 4.28 Å². The molecule has 0 spiro atoms. The summed E-state index contributed by atoms with van der Waals surface area (Å²) < 4.78 is 41.0. The Bertz CT molecular complexity index is 584. The van der Waals surface area contributed by atoms with Gasteiger partial charge in [-0.2, -0.15) is 9.35 Å². The monoisotopic (exact) mass is 282 g/mol. The molecule has 2 bridgehead atoms. The van der Waals surface area contributed by atoms with Gasteiger partial charge in [0.2, 0.25) is 10.4 Å². The Balaban J connectivity index is 0.00000120. The molecule has 2 aliphatic rings. The molecule has 2 amide bonds. The minimum atomic E-state index is -4.97. The number of carbonyl (C=O) groups excluding carboxylic acids is 1. The zero-order valence-corrected chi connectivity index (χ0v) is 12.2. The molecule has 1 unspecified atom stereocenters. The molecule has 3 heterocycles. The first-order valence-electron chi connectivity index (χ1n) is 4.75. The SMILES string of the molecule is O=C1N2Cc3occc3C(C2)N1OS(=O)(=O)[O-].[Na+]. The molecule has 1 fully saturated rings. The van der Waals surface area contributed by atoms with E-state index in [-0.39, 0.29) is 42.6 Å². The fourth-order valence-electron chi connectivity index (χ4n) is 2.12. The van der Waals surface area contributed by atoms with Crippen LogP contribution in [0, 0.1) is 0 Å². The molecule has 2 aliphatic heterocycles. The number of furan rings is 1. The van der Waals surface area contributed by atoms with E-state index in [9.17, 15) is 17.8 Å². The van der Waals surface area contributed by atoms with Crippen LogP contribution in [0.5, 0.6) is 0 Å². The van der Waals surface area contributed by atoms with E-state index in [0.29, 0.717) is 16.4 Å². The van der Waals surface area contributed by atoms with E-state index in [4.69, 9.17) is 4.42 Å². The quantitative estimate of drug-likeness (QED) is 0.325. The van der Waals surface area contributed by atoms with Crippen molar-refractivity contribution >= 4 is 16.4 Å². The van der Waals surface area contributed by atoms with Gasteiger partial charge in [-0.15, -0.1) is 0 Å². The predicted octanol–water partition coefficient (Wildman–Crippen LogP) is -3.03. The van der Waals surface area contributed by atoms with Gasteiger partial charge in [0.25, 0.3) is 0 Å². The van der Waals surface area contributed by atoms with Crippen LogP contribution in [0.25, 0.3) is 0 Å². The van der Waals surface area contributed by atoms with E-state index in [0.717, 1.165) is 0 Å². The zero-order chi connectivity index (χ0) is 12.2. The van der Waals surface area contributed by atoms with Crippen LogP contribution in [0.3, 0.4) is 0 Å². The molecule has 3 rings (SSSR count). The van der Waals surface area contributed by atoms with E-state index in [1.807, 2.05) is 0 Å². The zero-order valence-electron chi connectivity index (χ0n) is 9.40. The van der Waals surface area contributed by atoms with Crippen molar-refractivity contribution in [3.63, 3.8) is 0 Å². The van der Waals surface area contributed by atoms with Crippen LogP contribution < -0.4 is 29.6 Å². The predicted molar refractivity (Wildman–Crippen MR) is 49.9 cm³/mol. The number of hydrogen-bond acceptors (Lipinski definition) is 6. The Hall–Kier alpha value is -0.580. The molecule has 0 radical (unpaired) electrons. The second-order valence-corrected chi connectivity index (χ2v) is 4.75. The van der Waals surface area contributed by atoms with Gasteiger partial charge in [-0.1, -0.05) is 0 Å². The van der Waals surface area contributed by atoms with Crippen molar-refractivity contribution in [2.75, 3.05) is 6.54 Å². The van der Waals surface area contributed by atoms with Crippen LogP contribution in [0.15, 0.2) is 16.7 Å². The Labute approximate surface area is 125 Å². The van der Waals surface area contributed by atoms with Gasteiger partial charge in [-0.3, -0.25) is 0 Å². The minimum absolute atomic E-state index is 0. The van der Waals surface area contributed by atoms with Crippen LogP contribution >= 0.6 is 0 Å². The fourth-order valence-corrected chi connectivity index (χ4v) is 2.49. The van der Waals surface area contributed by atoms with Gasteiger partial charge in [-0.25, -0.2) is 13.2 Å². The average Bonchev–Trinajstić information content (AvgIpc) is 2.77. The Morgan fingerprint density at radius 3 is 2.89 bits per heavy atom. The molecule has 0 saturated carbocycles. The topological polar surface area (TPSA) is 103 Å². The maximum atomic E-state index is 11.7. The third-order valence-electron chi connectivity index (χ3n) is 2.78. The summed E-state index contributed by atoms with van der Waals surface area (Å²) in [6.07, 6.45) is 1.45. The number of carbonyl (C=O) groups is 1. The summed E-state index contributed by atoms with van der Waals surface area (Å²) in [7, 11) is -4.97.